The van der Waals surface area contributed by atoms with E-state index in [9.17, 15) is 0 Å². The van der Waals surface area contributed by atoms with Gasteiger partial charge in [0.1, 0.15) is 0 Å². The number of hydrogen-bond acceptors (Lipinski definition) is 6. The Morgan fingerprint density at radius 3 is 2.39 bits per heavy atom. The van der Waals surface area contributed by atoms with Gasteiger partial charge in [-0.2, -0.15) is 0 Å². The second kappa shape index (κ2) is 7.05. The highest BCUT2D eigenvalue weighted by molar-refractivity contribution is 5.46. The highest BCUT2D eigenvalue weighted by atomic mass is 16.5. The normalized spacial score (nSPS) is 9.06. The van der Waals surface area contributed by atoms with Crippen LogP contribution in [0, 0.1) is 6.92 Å². The van der Waals surface area contributed by atoms with Crippen LogP contribution in [0.3, 0.4) is 0 Å². The van der Waals surface area contributed by atoms with Gasteiger partial charge in [-0.25, -0.2) is 9.97 Å². The van der Waals surface area contributed by atoms with Crippen molar-refractivity contribution in [1.29, 1.82) is 0 Å². The molecule has 2 aromatic rings. The fourth-order valence-corrected chi connectivity index (χ4v) is 1.11. The van der Waals surface area contributed by atoms with Crippen molar-refractivity contribution >= 4 is 5.69 Å². The summed E-state index contributed by atoms with van der Waals surface area (Å²) in [6, 6.07) is 3.50. The summed E-state index contributed by atoms with van der Waals surface area (Å²) in [6.07, 6.45) is 4.89. The van der Waals surface area contributed by atoms with Gasteiger partial charge >= 0.3 is 0 Å². The van der Waals surface area contributed by atoms with Gasteiger partial charge in [0, 0.05) is 12.4 Å². The number of nitrogens with zero attached hydrogens (tertiary/aromatic N) is 3. The van der Waals surface area contributed by atoms with Crippen molar-refractivity contribution < 1.29 is 9.47 Å². The SMILES string of the molecule is COc1cncc(C)n1.COc1ncccc1N. The van der Waals surface area contributed by atoms with Crippen molar-refractivity contribution in [2.24, 2.45) is 0 Å². The van der Waals surface area contributed by atoms with Gasteiger partial charge < -0.3 is 15.2 Å². The van der Waals surface area contributed by atoms with Crippen LogP contribution in [0.2, 0.25) is 0 Å². The van der Waals surface area contributed by atoms with E-state index in [-0.39, 0.29) is 0 Å². The number of rotatable bonds is 2. The first-order valence-electron chi connectivity index (χ1n) is 5.24. The zero-order valence-corrected chi connectivity index (χ0v) is 10.6. The van der Waals surface area contributed by atoms with E-state index >= 15 is 0 Å². The maximum absolute atomic E-state index is 5.44. The fourth-order valence-electron chi connectivity index (χ4n) is 1.11. The highest BCUT2D eigenvalue weighted by Crippen LogP contribution is 2.14. The van der Waals surface area contributed by atoms with Gasteiger partial charge in [0.25, 0.3) is 0 Å². The van der Waals surface area contributed by atoms with Crippen LogP contribution in [0.15, 0.2) is 30.7 Å². The molecular weight excluding hydrogens is 232 g/mol. The van der Waals surface area contributed by atoms with Crippen molar-refractivity contribution in [3.63, 3.8) is 0 Å². The van der Waals surface area contributed by atoms with E-state index in [1.807, 2.05) is 6.92 Å². The number of hydrogen-bond donors (Lipinski definition) is 1. The minimum atomic E-state index is 0.484. The van der Waals surface area contributed by atoms with Gasteiger partial charge in [-0.3, -0.25) is 4.98 Å². The lowest BCUT2D eigenvalue weighted by atomic mass is 10.4. The van der Waals surface area contributed by atoms with Gasteiger partial charge in [0.2, 0.25) is 11.8 Å². The van der Waals surface area contributed by atoms with Crippen LogP contribution < -0.4 is 15.2 Å². The molecule has 2 aromatic heterocycles. The average molecular weight is 248 g/mol. The summed E-state index contributed by atoms with van der Waals surface area (Å²) in [5, 5.41) is 0. The second-order valence-electron chi connectivity index (χ2n) is 3.30. The van der Waals surface area contributed by atoms with E-state index in [0.717, 1.165) is 5.69 Å². The Hall–Kier alpha value is -2.37. The van der Waals surface area contributed by atoms with Gasteiger partial charge in [0.05, 0.1) is 31.8 Å². The van der Waals surface area contributed by atoms with E-state index in [0.29, 0.717) is 17.4 Å². The number of nitrogens with two attached hydrogens (primary N) is 1. The second-order valence-corrected chi connectivity index (χ2v) is 3.30. The third kappa shape index (κ3) is 4.25. The third-order valence-electron chi connectivity index (χ3n) is 1.94. The zero-order valence-electron chi connectivity index (χ0n) is 10.6. The lowest BCUT2D eigenvalue weighted by molar-refractivity contribution is 0.394. The van der Waals surface area contributed by atoms with Gasteiger partial charge in [-0.1, -0.05) is 0 Å². The molecule has 0 unspecified atom stereocenters. The molecule has 0 aliphatic carbocycles. The predicted octanol–water partition coefficient (Wildman–Crippen LogP) is 1.47. The number of nitrogen functional groups attached to an aromatic ring is 1. The number of aryl methyl sites for hydroxylation is 1. The van der Waals surface area contributed by atoms with Crippen LogP contribution in [0.5, 0.6) is 11.8 Å². The number of aromatic nitrogens is 3. The lowest BCUT2D eigenvalue weighted by Gasteiger charge is -1.98. The molecule has 0 amide bonds. The topological polar surface area (TPSA) is 83.2 Å². The Kier molecular flexibility index (Phi) is 5.37. The minimum absolute atomic E-state index is 0.484. The summed E-state index contributed by atoms with van der Waals surface area (Å²) in [6.45, 7) is 1.87. The third-order valence-corrected chi connectivity index (χ3v) is 1.94. The van der Waals surface area contributed by atoms with Crippen LogP contribution in [0.4, 0.5) is 5.69 Å². The molecule has 0 saturated carbocycles. The highest BCUT2D eigenvalue weighted by Gasteiger charge is 1.94. The van der Waals surface area contributed by atoms with E-state index in [4.69, 9.17) is 15.2 Å². The molecule has 2 rings (SSSR count). The van der Waals surface area contributed by atoms with E-state index in [1.165, 1.54) is 0 Å². The molecule has 2 heterocycles. The van der Waals surface area contributed by atoms with Crippen LogP contribution in [-0.2, 0) is 0 Å². The summed E-state index contributed by atoms with van der Waals surface area (Å²) in [4.78, 5) is 11.7. The first-order valence-corrected chi connectivity index (χ1v) is 5.24. The molecule has 0 fully saturated rings. The van der Waals surface area contributed by atoms with Crippen molar-refractivity contribution in [2.45, 2.75) is 6.92 Å². The molecule has 0 bridgehead atoms. The van der Waals surface area contributed by atoms with E-state index in [2.05, 4.69) is 15.0 Å². The van der Waals surface area contributed by atoms with Crippen molar-refractivity contribution in [3.8, 4) is 11.8 Å². The molecule has 96 valence electrons. The standard InChI is InChI=1S/2C6H8N2O/c1-5-3-7-4-6(8-5)9-2;1-9-6-5(7)3-2-4-8-6/h3-4H,1-2H3;2-4H,7H2,1H3. The lowest BCUT2D eigenvalue weighted by Crippen LogP contribution is -1.93. The van der Waals surface area contributed by atoms with Crippen LogP contribution in [-0.4, -0.2) is 29.2 Å². The monoisotopic (exact) mass is 248 g/mol. The van der Waals surface area contributed by atoms with Gasteiger partial charge in [-0.15, -0.1) is 0 Å². The molecule has 0 aliphatic heterocycles. The number of anilines is 1. The number of ether oxygens (including phenoxy) is 2. The molecule has 18 heavy (non-hydrogen) atoms. The molecule has 0 spiro atoms. The summed E-state index contributed by atoms with van der Waals surface area (Å²) in [7, 11) is 3.11. The summed E-state index contributed by atoms with van der Waals surface area (Å²) < 4.78 is 9.63. The molecule has 0 saturated heterocycles. The van der Waals surface area contributed by atoms with Crippen LogP contribution in [0.1, 0.15) is 5.69 Å². The molecule has 6 nitrogen and oxygen atoms in total. The van der Waals surface area contributed by atoms with Crippen LogP contribution in [0.25, 0.3) is 0 Å². The van der Waals surface area contributed by atoms with Gasteiger partial charge in [0.15, 0.2) is 0 Å². The molecule has 2 N–H and O–H groups in total. The first-order chi connectivity index (χ1) is 8.67. The van der Waals surface area contributed by atoms with E-state index in [1.54, 1.807) is 44.9 Å². The summed E-state index contributed by atoms with van der Waals surface area (Å²) in [5.74, 6) is 1.05. The van der Waals surface area contributed by atoms with Crippen molar-refractivity contribution in [2.75, 3.05) is 20.0 Å². The molecule has 0 aliphatic rings. The molecule has 0 atom stereocenters. The smallest absolute Gasteiger partial charge is 0.236 e. The minimum Gasteiger partial charge on any atom is -0.480 e. The quantitative estimate of drug-likeness (QED) is 0.866. The van der Waals surface area contributed by atoms with Gasteiger partial charge in [-0.05, 0) is 19.1 Å². The number of pyridine rings is 1. The summed E-state index contributed by atoms with van der Waals surface area (Å²) >= 11 is 0. The van der Waals surface area contributed by atoms with Crippen LogP contribution >= 0.6 is 0 Å². The maximum Gasteiger partial charge on any atom is 0.236 e. The van der Waals surface area contributed by atoms with Crippen molar-refractivity contribution in [1.82, 2.24) is 15.0 Å². The number of methoxy groups -OCH3 is 2. The Bertz CT molecular complexity index is 491. The van der Waals surface area contributed by atoms with E-state index < -0.39 is 0 Å². The predicted molar refractivity (Wildman–Crippen MR) is 68.5 cm³/mol. The fraction of sp³-hybridized carbons (Fsp3) is 0.250. The Balaban J connectivity index is 0.000000180. The Morgan fingerprint density at radius 2 is 1.94 bits per heavy atom. The molecule has 6 heteroatoms. The molecular formula is C12H16N4O2. The summed E-state index contributed by atoms with van der Waals surface area (Å²) in [5.41, 5.74) is 6.88. The first kappa shape index (κ1) is 13.7. The maximum atomic E-state index is 5.44. The Labute approximate surface area is 106 Å². The van der Waals surface area contributed by atoms with Crippen molar-refractivity contribution in [3.05, 3.63) is 36.4 Å². The zero-order chi connectivity index (χ0) is 13.4. The molecule has 0 radical (unpaired) electrons. The Morgan fingerprint density at radius 1 is 1.17 bits per heavy atom. The average Bonchev–Trinajstić information content (AvgIpc) is 2.40. The largest absolute Gasteiger partial charge is 0.480 e. The molecule has 0 aromatic carbocycles.